The molecule has 0 unspecified atom stereocenters. The summed E-state index contributed by atoms with van der Waals surface area (Å²) in [7, 11) is 0. The highest BCUT2D eigenvalue weighted by Gasteiger charge is 2.09. The Kier molecular flexibility index (Phi) is 2.32. The quantitative estimate of drug-likeness (QED) is 0.656. The van der Waals surface area contributed by atoms with E-state index in [2.05, 4.69) is 14.7 Å². The van der Waals surface area contributed by atoms with Crippen LogP contribution in [0.15, 0.2) is 0 Å². The number of hydrogen-bond donors (Lipinski definition) is 2. The first-order chi connectivity index (χ1) is 5.63. The highest BCUT2D eigenvalue weighted by Crippen LogP contribution is 2.13. The lowest BCUT2D eigenvalue weighted by atomic mass is 10.5. The number of H-pyrrole nitrogens is 1. The van der Waals surface area contributed by atoms with Gasteiger partial charge in [-0.1, -0.05) is 6.92 Å². The molecule has 0 saturated carbocycles. The fraction of sp³-hybridized carbons (Fsp3) is 0.429. The van der Waals surface area contributed by atoms with E-state index in [1.54, 1.807) is 6.92 Å². The maximum atomic E-state index is 10.1. The monoisotopic (exact) mass is 170 g/mol. The molecule has 0 aromatic carbocycles. The van der Waals surface area contributed by atoms with Gasteiger partial charge >= 0.3 is 6.16 Å². The largest absolute Gasteiger partial charge is 0.512 e. The molecule has 1 aromatic heterocycles. The van der Waals surface area contributed by atoms with Crippen LogP contribution in [0.25, 0.3) is 0 Å². The van der Waals surface area contributed by atoms with Gasteiger partial charge in [0, 0.05) is 6.42 Å². The second-order valence-corrected chi connectivity index (χ2v) is 2.34. The van der Waals surface area contributed by atoms with E-state index in [1.165, 1.54) is 0 Å². The first-order valence-electron chi connectivity index (χ1n) is 3.59. The predicted octanol–water partition coefficient (Wildman–Crippen LogP) is 1.34. The smallest absolute Gasteiger partial charge is 0.449 e. The fourth-order valence-electron chi connectivity index (χ4n) is 0.854. The number of aromatic nitrogens is 2. The molecule has 0 aliphatic rings. The number of carbonyl (C=O) groups is 1. The third kappa shape index (κ3) is 1.75. The van der Waals surface area contributed by atoms with Crippen LogP contribution in [0.4, 0.5) is 4.79 Å². The molecule has 0 saturated heterocycles. The van der Waals surface area contributed by atoms with Gasteiger partial charge in [0.25, 0.3) is 0 Å². The van der Waals surface area contributed by atoms with E-state index in [9.17, 15) is 4.79 Å². The van der Waals surface area contributed by atoms with E-state index in [0.717, 1.165) is 12.2 Å². The second-order valence-electron chi connectivity index (χ2n) is 2.34. The Morgan fingerprint density at radius 3 is 2.83 bits per heavy atom. The molecule has 0 aliphatic carbocycles. The summed E-state index contributed by atoms with van der Waals surface area (Å²) in [6, 6.07) is 0. The Hall–Kier alpha value is -1.52. The summed E-state index contributed by atoms with van der Waals surface area (Å²) < 4.78 is 4.40. The lowest BCUT2D eigenvalue weighted by molar-refractivity contribution is 0.142. The molecule has 0 aliphatic heterocycles. The number of imidazole rings is 1. The topological polar surface area (TPSA) is 75.2 Å². The summed E-state index contributed by atoms with van der Waals surface area (Å²) in [6.45, 7) is 3.63. The Morgan fingerprint density at radius 2 is 2.42 bits per heavy atom. The van der Waals surface area contributed by atoms with Gasteiger partial charge in [0.1, 0.15) is 5.82 Å². The van der Waals surface area contributed by atoms with Crippen LogP contribution in [0.5, 0.6) is 5.88 Å². The average molecular weight is 170 g/mol. The standard InChI is InChI=1S/C7H10N2O3/c1-3-5-8-4(2)6(9-5)12-7(10)11/h3H2,1-2H3,(H,8,9)(H,10,11). The molecule has 0 radical (unpaired) electrons. The number of carboxylic acid groups (broad SMARTS) is 1. The predicted molar refractivity (Wildman–Crippen MR) is 41.4 cm³/mol. The van der Waals surface area contributed by atoms with Crippen LogP contribution in [-0.4, -0.2) is 21.2 Å². The van der Waals surface area contributed by atoms with Crippen molar-refractivity contribution in [2.45, 2.75) is 20.3 Å². The van der Waals surface area contributed by atoms with Gasteiger partial charge in [-0.15, -0.1) is 0 Å². The van der Waals surface area contributed by atoms with Gasteiger partial charge in [0.15, 0.2) is 0 Å². The number of aromatic amines is 1. The summed E-state index contributed by atoms with van der Waals surface area (Å²) in [5, 5.41) is 8.30. The number of ether oxygens (including phenoxy) is 1. The van der Waals surface area contributed by atoms with E-state index in [1.807, 2.05) is 6.92 Å². The molecule has 12 heavy (non-hydrogen) atoms. The van der Waals surface area contributed by atoms with E-state index in [-0.39, 0.29) is 5.88 Å². The normalized spacial score (nSPS) is 9.83. The minimum absolute atomic E-state index is 0.138. The van der Waals surface area contributed by atoms with Crippen molar-refractivity contribution in [2.24, 2.45) is 0 Å². The molecule has 0 fully saturated rings. The summed E-state index contributed by atoms with van der Waals surface area (Å²) in [6.07, 6.45) is -0.614. The average Bonchev–Trinajstić information content (AvgIpc) is 2.31. The second kappa shape index (κ2) is 3.25. The Labute approximate surface area is 69.4 Å². The third-order valence-electron chi connectivity index (χ3n) is 1.41. The van der Waals surface area contributed by atoms with E-state index in [0.29, 0.717) is 5.69 Å². The van der Waals surface area contributed by atoms with E-state index >= 15 is 0 Å². The van der Waals surface area contributed by atoms with Crippen LogP contribution < -0.4 is 4.74 Å². The summed E-state index contributed by atoms with van der Waals surface area (Å²) >= 11 is 0. The molecule has 0 bridgehead atoms. The summed E-state index contributed by atoms with van der Waals surface area (Å²) in [5.41, 5.74) is 0.634. The van der Waals surface area contributed by atoms with Crippen LogP contribution in [0.2, 0.25) is 0 Å². The van der Waals surface area contributed by atoms with Crippen LogP contribution in [0.3, 0.4) is 0 Å². The zero-order chi connectivity index (χ0) is 9.14. The molecule has 66 valence electrons. The molecule has 2 N–H and O–H groups in total. The molecule has 5 nitrogen and oxygen atoms in total. The zero-order valence-electron chi connectivity index (χ0n) is 6.92. The lowest BCUT2D eigenvalue weighted by Gasteiger charge is -1.93. The number of aryl methyl sites for hydroxylation is 2. The van der Waals surface area contributed by atoms with E-state index < -0.39 is 6.16 Å². The SMILES string of the molecule is CCc1nc(OC(=O)O)c(C)[nH]1. The van der Waals surface area contributed by atoms with Gasteiger partial charge in [0.05, 0.1) is 5.69 Å². The van der Waals surface area contributed by atoms with Gasteiger partial charge in [-0.3, -0.25) is 0 Å². The number of nitrogens with one attached hydrogen (secondary N) is 1. The van der Waals surface area contributed by atoms with Crippen LogP contribution in [0, 0.1) is 6.92 Å². The maximum absolute atomic E-state index is 10.1. The first-order valence-corrected chi connectivity index (χ1v) is 3.59. The van der Waals surface area contributed by atoms with Crippen LogP contribution >= 0.6 is 0 Å². The number of nitrogens with zero attached hydrogens (tertiary/aromatic N) is 1. The van der Waals surface area contributed by atoms with Crippen molar-refractivity contribution in [2.75, 3.05) is 0 Å². The van der Waals surface area contributed by atoms with Crippen LogP contribution in [-0.2, 0) is 6.42 Å². The molecule has 0 spiro atoms. The molecule has 0 amide bonds. The van der Waals surface area contributed by atoms with E-state index in [4.69, 9.17) is 5.11 Å². The highest BCUT2D eigenvalue weighted by atomic mass is 16.7. The minimum Gasteiger partial charge on any atom is -0.449 e. The van der Waals surface area contributed by atoms with Gasteiger partial charge in [-0.2, -0.15) is 4.98 Å². The first kappa shape index (κ1) is 8.58. The maximum Gasteiger partial charge on any atom is 0.512 e. The molecular weight excluding hydrogens is 160 g/mol. The van der Waals surface area contributed by atoms with Gasteiger partial charge in [-0.05, 0) is 6.92 Å². The molecule has 1 aromatic rings. The van der Waals surface area contributed by atoms with Crippen LogP contribution in [0.1, 0.15) is 18.4 Å². The van der Waals surface area contributed by atoms with Crippen molar-refractivity contribution in [3.8, 4) is 5.88 Å². The van der Waals surface area contributed by atoms with Crippen molar-refractivity contribution in [1.82, 2.24) is 9.97 Å². The minimum atomic E-state index is -1.34. The Balaban J connectivity index is 2.84. The molecule has 1 rings (SSSR count). The lowest BCUT2D eigenvalue weighted by Crippen LogP contribution is -2.04. The van der Waals surface area contributed by atoms with Gasteiger partial charge in [-0.25, -0.2) is 4.79 Å². The third-order valence-corrected chi connectivity index (χ3v) is 1.41. The summed E-state index contributed by atoms with van der Waals surface area (Å²) in [4.78, 5) is 17.0. The fourth-order valence-corrected chi connectivity index (χ4v) is 0.854. The Bertz CT molecular complexity index is 293. The molecule has 5 heteroatoms. The van der Waals surface area contributed by atoms with Crippen molar-refractivity contribution in [1.29, 1.82) is 0 Å². The molecule has 1 heterocycles. The summed E-state index contributed by atoms with van der Waals surface area (Å²) in [5.74, 6) is 0.864. The highest BCUT2D eigenvalue weighted by molar-refractivity contribution is 5.60. The van der Waals surface area contributed by atoms with Crippen molar-refractivity contribution < 1.29 is 14.6 Å². The van der Waals surface area contributed by atoms with Crippen molar-refractivity contribution in [3.05, 3.63) is 11.5 Å². The molecular formula is C7H10N2O3. The van der Waals surface area contributed by atoms with Crippen molar-refractivity contribution >= 4 is 6.16 Å². The number of hydrogen-bond acceptors (Lipinski definition) is 3. The Morgan fingerprint density at radius 1 is 1.75 bits per heavy atom. The van der Waals surface area contributed by atoms with Gasteiger partial charge < -0.3 is 14.8 Å². The zero-order valence-corrected chi connectivity index (χ0v) is 6.92. The van der Waals surface area contributed by atoms with Gasteiger partial charge in [0.2, 0.25) is 5.88 Å². The molecule has 0 atom stereocenters. The number of rotatable bonds is 2. The van der Waals surface area contributed by atoms with Crippen molar-refractivity contribution in [3.63, 3.8) is 0 Å².